The lowest BCUT2D eigenvalue weighted by Crippen LogP contribution is -2.13. The normalized spacial score (nSPS) is 10.5. The van der Waals surface area contributed by atoms with Gasteiger partial charge < -0.3 is 18.9 Å². The molecule has 228 valence electrons. The molecule has 4 aromatic carbocycles. The third kappa shape index (κ3) is 8.64. The van der Waals surface area contributed by atoms with Gasteiger partial charge in [0.1, 0.15) is 11.5 Å². The average molecular weight is 605 g/mol. The average Bonchev–Trinajstić information content (AvgIpc) is 3.01. The predicted molar refractivity (Wildman–Crippen MR) is 171 cm³/mol. The van der Waals surface area contributed by atoms with Crippen LogP contribution < -0.4 is 18.9 Å². The summed E-state index contributed by atoms with van der Waals surface area (Å²) in [6.07, 6.45) is 0.337. The van der Waals surface area contributed by atoms with Gasteiger partial charge >= 0.3 is 23.9 Å². The van der Waals surface area contributed by atoms with Gasteiger partial charge in [0.25, 0.3) is 0 Å². The lowest BCUT2D eigenvalue weighted by atomic mass is 10.0. The third-order valence-electron chi connectivity index (χ3n) is 6.52. The Kier molecular flexibility index (Phi) is 10.1. The Morgan fingerprint density at radius 1 is 0.533 bits per heavy atom. The molecule has 45 heavy (non-hydrogen) atoms. The highest BCUT2D eigenvalue weighted by Crippen LogP contribution is 2.31. The summed E-state index contributed by atoms with van der Waals surface area (Å²) in [4.78, 5) is 48.6. The Morgan fingerprint density at radius 2 is 1.07 bits per heavy atom. The molecule has 0 atom stereocenters. The second-order valence-electron chi connectivity index (χ2n) is 10.5. The molecule has 0 saturated carbocycles. The van der Waals surface area contributed by atoms with E-state index in [1.54, 1.807) is 37.3 Å². The van der Waals surface area contributed by atoms with E-state index in [1.165, 1.54) is 26.0 Å². The molecule has 0 unspecified atom stereocenters. The molecule has 4 aromatic rings. The first-order valence-electron chi connectivity index (χ1n) is 14.0. The minimum absolute atomic E-state index is 0.0272. The van der Waals surface area contributed by atoms with Crippen LogP contribution in [0.3, 0.4) is 0 Å². The van der Waals surface area contributed by atoms with Gasteiger partial charge in [-0.2, -0.15) is 0 Å². The molecular weight excluding hydrogens is 572 g/mol. The summed E-state index contributed by atoms with van der Waals surface area (Å²) in [7, 11) is 0. The predicted octanol–water partition coefficient (Wildman–Crippen LogP) is 7.49. The van der Waals surface area contributed by atoms with E-state index in [2.05, 4.69) is 19.7 Å². The van der Waals surface area contributed by atoms with Crippen molar-refractivity contribution in [1.82, 2.24) is 0 Å². The lowest BCUT2D eigenvalue weighted by molar-refractivity contribution is -0.134. The molecule has 0 amide bonds. The highest BCUT2D eigenvalue weighted by Gasteiger charge is 2.17. The molecule has 0 aliphatic heterocycles. The molecule has 0 bridgehead atoms. The number of benzene rings is 4. The van der Waals surface area contributed by atoms with Crippen LogP contribution in [-0.4, -0.2) is 23.9 Å². The van der Waals surface area contributed by atoms with Gasteiger partial charge in [-0.05, 0) is 97.1 Å². The zero-order valence-electron chi connectivity index (χ0n) is 25.3. The zero-order chi connectivity index (χ0) is 32.7. The van der Waals surface area contributed by atoms with E-state index in [0.29, 0.717) is 22.6 Å². The van der Waals surface area contributed by atoms with Crippen molar-refractivity contribution in [2.75, 3.05) is 0 Å². The van der Waals surface area contributed by atoms with Gasteiger partial charge in [-0.25, -0.2) is 14.4 Å². The summed E-state index contributed by atoms with van der Waals surface area (Å²) in [6, 6.07) is 23.2. The van der Waals surface area contributed by atoms with Crippen molar-refractivity contribution in [3.63, 3.8) is 0 Å². The van der Waals surface area contributed by atoms with Crippen LogP contribution in [0.15, 0.2) is 115 Å². The molecule has 0 aliphatic rings. The summed E-state index contributed by atoms with van der Waals surface area (Å²) in [5, 5.41) is 1.89. The van der Waals surface area contributed by atoms with Crippen molar-refractivity contribution in [2.45, 2.75) is 33.6 Å². The smallest absolute Gasteiger partial charge is 0.338 e. The standard InChI is InChI=1S/C37H32O8/c1-22(2)35(39)43-31-16-13-28-20-27(9-10-29(28)21-31)26-11-14-30(15-12-26)42-34(38)18-8-25-7-17-32(44-36(40)23(3)4)33(19-25)45-37(41)24(5)6/h7,9-17,19-21H,1,3,5,8,18H2,2,4,6H3. The highest BCUT2D eigenvalue weighted by molar-refractivity contribution is 5.92. The molecule has 0 aromatic heterocycles. The molecular formula is C37H32O8. The molecule has 0 heterocycles. The summed E-state index contributed by atoms with van der Waals surface area (Å²) in [5.74, 6) is -1.35. The Morgan fingerprint density at radius 3 is 1.71 bits per heavy atom. The summed E-state index contributed by atoms with van der Waals surface area (Å²) >= 11 is 0. The SMILES string of the molecule is C=C(C)C(=O)Oc1ccc2cc(-c3ccc(OC(=O)CCc4ccc(OC(=O)C(=C)C)c(OC(=O)C(=C)C)c4)cc3)ccc2c1. The van der Waals surface area contributed by atoms with Crippen LogP contribution in [0, 0.1) is 0 Å². The van der Waals surface area contributed by atoms with Crippen LogP contribution in [0.5, 0.6) is 23.0 Å². The van der Waals surface area contributed by atoms with Crippen molar-refractivity contribution in [3.8, 4) is 34.1 Å². The van der Waals surface area contributed by atoms with Crippen LogP contribution in [0.2, 0.25) is 0 Å². The zero-order valence-corrected chi connectivity index (χ0v) is 25.3. The van der Waals surface area contributed by atoms with Gasteiger partial charge in [0, 0.05) is 23.1 Å². The second kappa shape index (κ2) is 14.1. The maximum atomic E-state index is 12.6. The maximum Gasteiger partial charge on any atom is 0.338 e. The number of rotatable bonds is 11. The summed E-state index contributed by atoms with van der Waals surface area (Å²) in [5.41, 5.74) is 3.24. The Labute approximate surface area is 261 Å². The number of hydrogen-bond donors (Lipinski definition) is 0. The molecule has 0 fully saturated rings. The van der Waals surface area contributed by atoms with Crippen molar-refractivity contribution in [1.29, 1.82) is 0 Å². The van der Waals surface area contributed by atoms with Crippen molar-refractivity contribution >= 4 is 34.6 Å². The van der Waals surface area contributed by atoms with Crippen molar-refractivity contribution in [3.05, 3.63) is 121 Å². The third-order valence-corrected chi connectivity index (χ3v) is 6.52. The fourth-order valence-corrected chi connectivity index (χ4v) is 4.05. The van der Waals surface area contributed by atoms with Gasteiger partial charge in [-0.3, -0.25) is 4.79 Å². The number of carbonyl (C=O) groups excluding carboxylic acids is 4. The minimum atomic E-state index is -0.679. The molecule has 0 saturated heterocycles. The monoisotopic (exact) mass is 604 g/mol. The van der Waals surface area contributed by atoms with E-state index in [4.69, 9.17) is 18.9 Å². The fourth-order valence-electron chi connectivity index (χ4n) is 4.05. The highest BCUT2D eigenvalue weighted by atomic mass is 16.6. The quantitative estimate of drug-likeness (QED) is 0.0985. The molecule has 0 N–H and O–H groups in total. The minimum Gasteiger partial charge on any atom is -0.427 e. The first kappa shape index (κ1) is 32.2. The Bertz CT molecular complexity index is 1850. The van der Waals surface area contributed by atoms with Crippen molar-refractivity contribution < 1.29 is 38.1 Å². The number of ether oxygens (including phenoxy) is 4. The van der Waals surface area contributed by atoms with Gasteiger partial charge in [-0.15, -0.1) is 0 Å². The lowest BCUT2D eigenvalue weighted by Gasteiger charge is -2.12. The molecule has 0 radical (unpaired) electrons. The Hall–Kier alpha value is -5.76. The first-order valence-corrected chi connectivity index (χ1v) is 14.0. The molecule has 0 aliphatic carbocycles. The number of esters is 4. The van der Waals surface area contributed by atoms with Crippen molar-refractivity contribution in [2.24, 2.45) is 0 Å². The Balaban J connectivity index is 1.39. The van der Waals surface area contributed by atoms with E-state index in [1.807, 2.05) is 36.4 Å². The topological polar surface area (TPSA) is 105 Å². The van der Waals surface area contributed by atoms with Gasteiger partial charge in [-0.1, -0.05) is 56.1 Å². The van der Waals surface area contributed by atoms with Crippen LogP contribution in [0.4, 0.5) is 0 Å². The summed E-state index contributed by atoms with van der Waals surface area (Å²) in [6.45, 7) is 15.3. The van der Waals surface area contributed by atoms with Crippen LogP contribution in [0.1, 0.15) is 32.8 Å². The largest absolute Gasteiger partial charge is 0.427 e. The maximum absolute atomic E-state index is 12.6. The van der Waals surface area contributed by atoms with Gasteiger partial charge in [0.05, 0.1) is 0 Å². The van der Waals surface area contributed by atoms with E-state index in [0.717, 1.165) is 21.9 Å². The summed E-state index contributed by atoms with van der Waals surface area (Å²) < 4.78 is 21.5. The fraction of sp³-hybridized carbons (Fsp3) is 0.135. The van der Waals surface area contributed by atoms with E-state index in [-0.39, 0.29) is 35.5 Å². The molecule has 0 spiro atoms. The van der Waals surface area contributed by atoms with E-state index in [9.17, 15) is 19.2 Å². The van der Waals surface area contributed by atoms with Gasteiger partial charge in [0.2, 0.25) is 0 Å². The molecule has 8 heteroatoms. The van der Waals surface area contributed by atoms with E-state index >= 15 is 0 Å². The molecule has 4 rings (SSSR count). The number of aryl methyl sites for hydroxylation is 1. The van der Waals surface area contributed by atoms with Crippen LogP contribution in [0.25, 0.3) is 21.9 Å². The first-order chi connectivity index (χ1) is 21.4. The number of hydrogen-bond acceptors (Lipinski definition) is 8. The van der Waals surface area contributed by atoms with Crippen LogP contribution >= 0.6 is 0 Å². The van der Waals surface area contributed by atoms with Gasteiger partial charge in [0.15, 0.2) is 11.5 Å². The number of fused-ring (bicyclic) bond motifs is 1. The number of carbonyl (C=O) groups is 4. The van der Waals surface area contributed by atoms with E-state index < -0.39 is 23.9 Å². The molecule has 8 nitrogen and oxygen atoms in total. The second-order valence-corrected chi connectivity index (χ2v) is 10.5. The van der Waals surface area contributed by atoms with Crippen LogP contribution in [-0.2, 0) is 25.6 Å².